The van der Waals surface area contributed by atoms with Crippen LogP contribution in [-0.2, 0) is 26.4 Å². The fourth-order valence-corrected chi connectivity index (χ4v) is 2.94. The molecule has 2 heterocycles. The Morgan fingerprint density at radius 1 is 1.19 bits per heavy atom. The number of imidazole rings is 1. The SMILES string of the molecule is Cn1nccc1CCn1c(CCCl)nc2c(Cl)cccc21. The monoisotopic (exact) mass is 322 g/mol. The van der Waals surface area contributed by atoms with Gasteiger partial charge in [0, 0.05) is 44.2 Å². The normalized spacial score (nSPS) is 11.4. The summed E-state index contributed by atoms with van der Waals surface area (Å²) in [7, 11) is 1.96. The lowest BCUT2D eigenvalue weighted by molar-refractivity contribution is 0.628. The fourth-order valence-electron chi connectivity index (χ4n) is 2.56. The van der Waals surface area contributed by atoms with E-state index in [0.29, 0.717) is 10.9 Å². The molecule has 4 nitrogen and oxygen atoms in total. The van der Waals surface area contributed by atoms with Crippen molar-refractivity contribution in [3.63, 3.8) is 0 Å². The van der Waals surface area contributed by atoms with Gasteiger partial charge in [0.15, 0.2) is 0 Å². The second kappa shape index (κ2) is 6.08. The lowest BCUT2D eigenvalue weighted by Gasteiger charge is -2.09. The van der Waals surface area contributed by atoms with Crippen LogP contribution in [0, 0.1) is 0 Å². The molecular formula is C15H16Cl2N4. The summed E-state index contributed by atoms with van der Waals surface area (Å²) in [6, 6.07) is 7.91. The summed E-state index contributed by atoms with van der Waals surface area (Å²) >= 11 is 12.1. The molecule has 0 saturated heterocycles. The molecule has 21 heavy (non-hydrogen) atoms. The van der Waals surface area contributed by atoms with Crippen LogP contribution in [0.1, 0.15) is 11.5 Å². The van der Waals surface area contributed by atoms with Crippen molar-refractivity contribution < 1.29 is 0 Å². The first-order valence-corrected chi connectivity index (χ1v) is 7.78. The molecule has 3 aromatic rings. The fraction of sp³-hybridized carbons (Fsp3) is 0.333. The van der Waals surface area contributed by atoms with E-state index >= 15 is 0 Å². The number of para-hydroxylation sites is 1. The number of halogens is 2. The van der Waals surface area contributed by atoms with Gasteiger partial charge in [0.1, 0.15) is 11.3 Å². The summed E-state index contributed by atoms with van der Waals surface area (Å²) in [5.74, 6) is 1.53. The summed E-state index contributed by atoms with van der Waals surface area (Å²) in [5.41, 5.74) is 3.10. The lowest BCUT2D eigenvalue weighted by Crippen LogP contribution is -2.09. The predicted molar refractivity (Wildman–Crippen MR) is 86.1 cm³/mol. The van der Waals surface area contributed by atoms with Gasteiger partial charge in [0.25, 0.3) is 0 Å². The van der Waals surface area contributed by atoms with Gasteiger partial charge in [-0.25, -0.2) is 4.98 Å². The van der Waals surface area contributed by atoms with Crippen LogP contribution in [0.4, 0.5) is 0 Å². The van der Waals surface area contributed by atoms with Crippen LogP contribution in [0.15, 0.2) is 30.5 Å². The second-order valence-electron chi connectivity index (χ2n) is 4.92. The molecule has 3 rings (SSSR count). The van der Waals surface area contributed by atoms with Gasteiger partial charge in [-0.15, -0.1) is 11.6 Å². The number of alkyl halides is 1. The summed E-state index contributed by atoms with van der Waals surface area (Å²) in [6.07, 6.45) is 3.44. The molecular weight excluding hydrogens is 307 g/mol. The van der Waals surface area contributed by atoms with Gasteiger partial charge in [0.05, 0.1) is 10.5 Å². The molecule has 1 aromatic carbocycles. The third-order valence-corrected chi connectivity index (χ3v) is 4.13. The van der Waals surface area contributed by atoms with Gasteiger partial charge in [-0.05, 0) is 18.2 Å². The quantitative estimate of drug-likeness (QED) is 0.674. The molecule has 0 spiro atoms. The van der Waals surface area contributed by atoms with E-state index in [1.807, 2.05) is 36.1 Å². The Morgan fingerprint density at radius 3 is 2.76 bits per heavy atom. The van der Waals surface area contributed by atoms with Crippen molar-refractivity contribution >= 4 is 34.2 Å². The average molecular weight is 323 g/mol. The number of fused-ring (bicyclic) bond motifs is 1. The third kappa shape index (κ3) is 2.78. The van der Waals surface area contributed by atoms with Crippen molar-refractivity contribution in [2.45, 2.75) is 19.4 Å². The Labute approximate surface area is 133 Å². The minimum Gasteiger partial charge on any atom is -0.328 e. The van der Waals surface area contributed by atoms with Crippen LogP contribution in [0.2, 0.25) is 5.02 Å². The summed E-state index contributed by atoms with van der Waals surface area (Å²) in [6.45, 7) is 0.836. The Bertz CT molecular complexity index is 760. The lowest BCUT2D eigenvalue weighted by atomic mass is 10.2. The van der Waals surface area contributed by atoms with Gasteiger partial charge in [0.2, 0.25) is 0 Å². The van der Waals surface area contributed by atoms with E-state index in [2.05, 4.69) is 20.7 Å². The number of rotatable bonds is 5. The van der Waals surface area contributed by atoms with Gasteiger partial charge < -0.3 is 4.57 Å². The van der Waals surface area contributed by atoms with Crippen LogP contribution in [-0.4, -0.2) is 25.2 Å². The van der Waals surface area contributed by atoms with Crippen molar-refractivity contribution in [3.05, 3.63) is 47.0 Å². The zero-order valence-electron chi connectivity index (χ0n) is 11.8. The number of nitrogens with zero attached hydrogens (tertiary/aromatic N) is 4. The maximum Gasteiger partial charge on any atom is 0.111 e. The van der Waals surface area contributed by atoms with Crippen molar-refractivity contribution in [1.82, 2.24) is 19.3 Å². The van der Waals surface area contributed by atoms with E-state index in [-0.39, 0.29) is 0 Å². The van der Waals surface area contributed by atoms with Crippen molar-refractivity contribution in [3.8, 4) is 0 Å². The van der Waals surface area contributed by atoms with E-state index in [1.54, 1.807) is 0 Å². The Hall–Kier alpha value is -1.52. The van der Waals surface area contributed by atoms with E-state index < -0.39 is 0 Å². The zero-order chi connectivity index (χ0) is 14.8. The highest BCUT2D eigenvalue weighted by molar-refractivity contribution is 6.34. The molecule has 0 saturated carbocycles. The molecule has 0 fully saturated rings. The molecule has 0 atom stereocenters. The van der Waals surface area contributed by atoms with Crippen LogP contribution in [0.5, 0.6) is 0 Å². The summed E-state index contributed by atoms with van der Waals surface area (Å²) in [4.78, 5) is 4.65. The molecule has 0 aliphatic rings. The van der Waals surface area contributed by atoms with Gasteiger partial charge in [-0.1, -0.05) is 17.7 Å². The Kier molecular flexibility index (Phi) is 4.17. The molecule has 6 heteroatoms. The van der Waals surface area contributed by atoms with Crippen LogP contribution < -0.4 is 0 Å². The Balaban J connectivity index is 1.97. The van der Waals surface area contributed by atoms with Crippen LogP contribution in [0.25, 0.3) is 11.0 Å². The van der Waals surface area contributed by atoms with Crippen molar-refractivity contribution in [2.24, 2.45) is 7.05 Å². The number of aromatic nitrogens is 4. The second-order valence-corrected chi connectivity index (χ2v) is 5.71. The standard InChI is InChI=1S/C15H16Cl2N4/c1-20-11(6-9-18-20)7-10-21-13-4-2-3-12(17)15(13)19-14(21)5-8-16/h2-4,6,9H,5,7-8,10H2,1H3. The van der Waals surface area contributed by atoms with Crippen LogP contribution in [0.3, 0.4) is 0 Å². The van der Waals surface area contributed by atoms with E-state index in [0.717, 1.165) is 36.2 Å². The number of hydrogen-bond acceptors (Lipinski definition) is 2. The minimum atomic E-state index is 0.548. The zero-order valence-corrected chi connectivity index (χ0v) is 13.3. The van der Waals surface area contributed by atoms with E-state index in [4.69, 9.17) is 23.2 Å². The third-order valence-electron chi connectivity index (χ3n) is 3.64. The molecule has 2 aromatic heterocycles. The van der Waals surface area contributed by atoms with Gasteiger partial charge in [-0.3, -0.25) is 4.68 Å². The number of benzene rings is 1. The van der Waals surface area contributed by atoms with Gasteiger partial charge >= 0.3 is 0 Å². The number of hydrogen-bond donors (Lipinski definition) is 0. The summed E-state index contributed by atoms with van der Waals surface area (Å²) in [5, 5.41) is 4.88. The maximum absolute atomic E-state index is 6.24. The number of aryl methyl sites for hydroxylation is 4. The first kappa shape index (κ1) is 14.4. The van der Waals surface area contributed by atoms with Crippen molar-refractivity contribution in [1.29, 1.82) is 0 Å². The smallest absolute Gasteiger partial charge is 0.111 e. The molecule has 0 amide bonds. The first-order valence-electron chi connectivity index (χ1n) is 6.87. The predicted octanol–water partition coefficient (Wildman–Crippen LogP) is 3.45. The highest BCUT2D eigenvalue weighted by Gasteiger charge is 2.13. The molecule has 0 aliphatic carbocycles. The molecule has 0 radical (unpaired) electrons. The molecule has 0 aliphatic heterocycles. The molecule has 0 N–H and O–H groups in total. The van der Waals surface area contributed by atoms with Gasteiger partial charge in [-0.2, -0.15) is 5.10 Å². The highest BCUT2D eigenvalue weighted by atomic mass is 35.5. The topological polar surface area (TPSA) is 35.6 Å². The van der Waals surface area contributed by atoms with E-state index in [9.17, 15) is 0 Å². The minimum absolute atomic E-state index is 0.548. The Morgan fingerprint density at radius 2 is 2.05 bits per heavy atom. The average Bonchev–Trinajstić information content (AvgIpc) is 3.02. The summed E-state index contributed by atoms with van der Waals surface area (Å²) < 4.78 is 4.10. The highest BCUT2D eigenvalue weighted by Crippen LogP contribution is 2.24. The largest absolute Gasteiger partial charge is 0.328 e. The maximum atomic E-state index is 6.24. The molecule has 0 unspecified atom stereocenters. The first-order chi connectivity index (χ1) is 10.2. The molecule has 0 bridgehead atoms. The van der Waals surface area contributed by atoms with Crippen LogP contribution >= 0.6 is 23.2 Å². The van der Waals surface area contributed by atoms with Crippen molar-refractivity contribution in [2.75, 3.05) is 5.88 Å². The van der Waals surface area contributed by atoms with E-state index in [1.165, 1.54) is 5.69 Å². The molecule has 110 valence electrons.